The van der Waals surface area contributed by atoms with Gasteiger partial charge in [-0.1, -0.05) is 6.07 Å². The summed E-state index contributed by atoms with van der Waals surface area (Å²) in [5, 5.41) is 2.92. The summed E-state index contributed by atoms with van der Waals surface area (Å²) in [6.45, 7) is 0. The van der Waals surface area contributed by atoms with Crippen molar-refractivity contribution in [2.75, 3.05) is 5.75 Å². The monoisotopic (exact) mass is 332 g/mol. The standard InChI is InChI=1S/C15H19F3N2OS/c16-15(17,18)10-2-1-3-13(8-10)22-9-14(21)20-12-6-4-11(19)5-7-12/h1-3,8,11-12H,4-7,9,19H2,(H,20,21). The van der Waals surface area contributed by atoms with Crippen LogP contribution in [0.15, 0.2) is 29.2 Å². The van der Waals surface area contributed by atoms with Crippen molar-refractivity contribution in [3.05, 3.63) is 29.8 Å². The molecular formula is C15H19F3N2OS. The average molecular weight is 332 g/mol. The number of amides is 1. The van der Waals surface area contributed by atoms with E-state index in [9.17, 15) is 18.0 Å². The Bertz CT molecular complexity index is 514. The van der Waals surface area contributed by atoms with Gasteiger partial charge in [0.05, 0.1) is 11.3 Å². The molecule has 22 heavy (non-hydrogen) atoms. The van der Waals surface area contributed by atoms with Crippen molar-refractivity contribution in [1.29, 1.82) is 0 Å². The first kappa shape index (κ1) is 17.1. The Kier molecular flexibility index (Phi) is 5.74. The lowest BCUT2D eigenvalue weighted by Crippen LogP contribution is -2.41. The number of carbonyl (C=O) groups is 1. The minimum Gasteiger partial charge on any atom is -0.353 e. The molecule has 1 aliphatic rings. The number of thioether (sulfide) groups is 1. The van der Waals surface area contributed by atoms with Gasteiger partial charge >= 0.3 is 6.18 Å². The molecule has 0 unspecified atom stereocenters. The summed E-state index contributed by atoms with van der Waals surface area (Å²) in [6, 6.07) is 5.37. The van der Waals surface area contributed by atoms with Gasteiger partial charge in [-0.05, 0) is 43.9 Å². The Balaban J connectivity index is 1.81. The number of rotatable bonds is 4. The number of nitrogens with one attached hydrogen (secondary N) is 1. The summed E-state index contributed by atoms with van der Waals surface area (Å²) in [7, 11) is 0. The minimum absolute atomic E-state index is 0.115. The summed E-state index contributed by atoms with van der Waals surface area (Å²) >= 11 is 1.11. The van der Waals surface area contributed by atoms with E-state index in [-0.39, 0.29) is 23.7 Å². The van der Waals surface area contributed by atoms with Gasteiger partial charge in [0.2, 0.25) is 5.91 Å². The number of hydrogen-bond acceptors (Lipinski definition) is 3. The van der Waals surface area contributed by atoms with E-state index in [4.69, 9.17) is 5.73 Å². The maximum atomic E-state index is 12.6. The Morgan fingerprint density at radius 2 is 1.95 bits per heavy atom. The van der Waals surface area contributed by atoms with E-state index in [2.05, 4.69) is 5.32 Å². The lowest BCUT2D eigenvalue weighted by Gasteiger charge is -2.26. The summed E-state index contributed by atoms with van der Waals surface area (Å²) in [6.07, 6.45) is -0.848. The molecule has 1 amide bonds. The van der Waals surface area contributed by atoms with Crippen molar-refractivity contribution < 1.29 is 18.0 Å². The zero-order valence-electron chi connectivity index (χ0n) is 12.0. The molecule has 1 saturated carbocycles. The SMILES string of the molecule is NC1CCC(NC(=O)CSc2cccc(C(F)(F)F)c2)CC1. The van der Waals surface area contributed by atoms with Gasteiger partial charge in [0.25, 0.3) is 0 Å². The second-order valence-corrected chi connectivity index (χ2v) is 6.54. The van der Waals surface area contributed by atoms with Crippen molar-refractivity contribution in [2.24, 2.45) is 5.73 Å². The molecule has 7 heteroatoms. The lowest BCUT2D eigenvalue weighted by atomic mass is 9.92. The summed E-state index contributed by atoms with van der Waals surface area (Å²) in [5.41, 5.74) is 5.11. The van der Waals surface area contributed by atoms with Gasteiger partial charge in [-0.3, -0.25) is 4.79 Å². The average Bonchev–Trinajstić information content (AvgIpc) is 2.47. The molecule has 0 heterocycles. The van der Waals surface area contributed by atoms with Crippen molar-refractivity contribution in [2.45, 2.75) is 48.8 Å². The number of hydrogen-bond donors (Lipinski definition) is 2. The van der Waals surface area contributed by atoms with Crippen LogP contribution in [0.4, 0.5) is 13.2 Å². The Hall–Kier alpha value is -1.21. The van der Waals surface area contributed by atoms with E-state index in [0.29, 0.717) is 4.90 Å². The maximum Gasteiger partial charge on any atom is 0.416 e. The molecular weight excluding hydrogens is 313 g/mol. The third-order valence-electron chi connectivity index (χ3n) is 3.67. The Morgan fingerprint density at radius 3 is 2.59 bits per heavy atom. The van der Waals surface area contributed by atoms with Crippen LogP contribution in [0.1, 0.15) is 31.2 Å². The quantitative estimate of drug-likeness (QED) is 0.833. The normalized spacial score (nSPS) is 22.4. The smallest absolute Gasteiger partial charge is 0.353 e. The number of nitrogens with two attached hydrogens (primary N) is 1. The number of alkyl halides is 3. The molecule has 0 saturated heterocycles. The van der Waals surface area contributed by atoms with Crippen LogP contribution in [0, 0.1) is 0 Å². The van der Waals surface area contributed by atoms with Gasteiger partial charge in [-0.15, -0.1) is 11.8 Å². The van der Waals surface area contributed by atoms with Gasteiger partial charge in [-0.2, -0.15) is 13.2 Å². The molecule has 0 bridgehead atoms. The largest absolute Gasteiger partial charge is 0.416 e. The second kappa shape index (κ2) is 7.37. The van der Waals surface area contributed by atoms with E-state index in [1.807, 2.05) is 0 Å². The van der Waals surface area contributed by atoms with Crippen LogP contribution in [-0.4, -0.2) is 23.7 Å². The van der Waals surface area contributed by atoms with E-state index in [1.165, 1.54) is 6.07 Å². The maximum absolute atomic E-state index is 12.6. The van der Waals surface area contributed by atoms with Crippen LogP contribution >= 0.6 is 11.8 Å². The van der Waals surface area contributed by atoms with Gasteiger partial charge in [0, 0.05) is 17.0 Å². The van der Waals surface area contributed by atoms with Crippen LogP contribution in [0.25, 0.3) is 0 Å². The van der Waals surface area contributed by atoms with Crippen LogP contribution in [0.3, 0.4) is 0 Å². The zero-order chi connectivity index (χ0) is 16.2. The molecule has 1 aromatic rings. The van der Waals surface area contributed by atoms with E-state index < -0.39 is 11.7 Å². The second-order valence-electron chi connectivity index (χ2n) is 5.49. The Morgan fingerprint density at radius 1 is 1.27 bits per heavy atom. The summed E-state index contributed by atoms with van der Waals surface area (Å²) in [5.74, 6) is -0.0352. The first-order valence-electron chi connectivity index (χ1n) is 7.19. The summed E-state index contributed by atoms with van der Waals surface area (Å²) < 4.78 is 37.8. The molecule has 3 nitrogen and oxygen atoms in total. The molecule has 0 spiro atoms. The summed E-state index contributed by atoms with van der Waals surface area (Å²) in [4.78, 5) is 12.3. The number of carbonyl (C=O) groups excluding carboxylic acids is 1. The zero-order valence-corrected chi connectivity index (χ0v) is 12.8. The highest BCUT2D eigenvalue weighted by Crippen LogP contribution is 2.31. The van der Waals surface area contributed by atoms with E-state index in [1.54, 1.807) is 6.07 Å². The first-order chi connectivity index (χ1) is 10.3. The van der Waals surface area contributed by atoms with Crippen LogP contribution < -0.4 is 11.1 Å². The van der Waals surface area contributed by atoms with Gasteiger partial charge in [-0.25, -0.2) is 0 Å². The predicted molar refractivity (Wildman–Crippen MR) is 80.5 cm³/mol. The first-order valence-corrected chi connectivity index (χ1v) is 8.18. The van der Waals surface area contributed by atoms with Crippen LogP contribution in [0.5, 0.6) is 0 Å². The third-order valence-corrected chi connectivity index (χ3v) is 4.66. The van der Waals surface area contributed by atoms with Gasteiger partial charge in [0.15, 0.2) is 0 Å². The van der Waals surface area contributed by atoms with Crippen molar-refractivity contribution in [1.82, 2.24) is 5.32 Å². The minimum atomic E-state index is -4.36. The molecule has 0 aliphatic heterocycles. The fraction of sp³-hybridized carbons (Fsp3) is 0.533. The fourth-order valence-electron chi connectivity index (χ4n) is 2.44. The lowest BCUT2D eigenvalue weighted by molar-refractivity contribution is -0.137. The van der Waals surface area contributed by atoms with Crippen LogP contribution in [-0.2, 0) is 11.0 Å². The highest BCUT2D eigenvalue weighted by atomic mass is 32.2. The molecule has 0 aromatic heterocycles. The van der Waals surface area contributed by atoms with Gasteiger partial charge < -0.3 is 11.1 Å². The highest BCUT2D eigenvalue weighted by molar-refractivity contribution is 8.00. The Labute approximate surface area is 131 Å². The molecule has 0 radical (unpaired) electrons. The van der Waals surface area contributed by atoms with Crippen molar-refractivity contribution >= 4 is 17.7 Å². The number of benzene rings is 1. The number of halogens is 3. The van der Waals surface area contributed by atoms with Crippen molar-refractivity contribution in [3.63, 3.8) is 0 Å². The molecule has 122 valence electrons. The van der Waals surface area contributed by atoms with E-state index >= 15 is 0 Å². The molecule has 1 aliphatic carbocycles. The topological polar surface area (TPSA) is 55.1 Å². The molecule has 1 aromatic carbocycles. The molecule has 2 rings (SSSR count). The van der Waals surface area contributed by atoms with Crippen molar-refractivity contribution in [3.8, 4) is 0 Å². The van der Waals surface area contributed by atoms with Crippen LogP contribution in [0.2, 0.25) is 0 Å². The molecule has 0 atom stereocenters. The predicted octanol–water partition coefficient (Wildman–Crippen LogP) is 3.18. The van der Waals surface area contributed by atoms with E-state index in [0.717, 1.165) is 49.6 Å². The molecule has 1 fully saturated rings. The fourth-order valence-corrected chi connectivity index (χ4v) is 3.21. The molecule has 3 N–H and O–H groups in total. The third kappa shape index (κ3) is 5.21. The highest BCUT2D eigenvalue weighted by Gasteiger charge is 2.30. The van der Waals surface area contributed by atoms with Gasteiger partial charge in [0.1, 0.15) is 0 Å².